The molecule has 0 fully saturated rings. The SMILES string of the molecule is Cc1c(N=Cc2cc(Br)c(Br)o2)c(=O)n(-c2ccccc2)n1C. The maximum absolute atomic E-state index is 12.7. The van der Waals surface area contributed by atoms with Crippen LogP contribution in [0, 0.1) is 6.92 Å². The molecule has 0 unspecified atom stereocenters. The van der Waals surface area contributed by atoms with E-state index in [-0.39, 0.29) is 5.56 Å². The molecule has 0 N–H and O–H groups in total. The highest BCUT2D eigenvalue weighted by atomic mass is 79.9. The number of furan rings is 1. The molecule has 0 amide bonds. The molecule has 7 heteroatoms. The average molecular weight is 439 g/mol. The van der Waals surface area contributed by atoms with E-state index >= 15 is 0 Å². The van der Waals surface area contributed by atoms with Gasteiger partial charge < -0.3 is 4.42 Å². The van der Waals surface area contributed by atoms with Gasteiger partial charge in [0.15, 0.2) is 10.4 Å². The van der Waals surface area contributed by atoms with Crippen molar-refractivity contribution in [2.45, 2.75) is 6.92 Å². The lowest BCUT2D eigenvalue weighted by molar-refractivity contribution is 0.533. The Morgan fingerprint density at radius 2 is 1.91 bits per heavy atom. The molecule has 23 heavy (non-hydrogen) atoms. The summed E-state index contributed by atoms with van der Waals surface area (Å²) in [6.07, 6.45) is 1.54. The standard InChI is InChI=1S/C16H13Br2N3O2/c1-10-14(19-9-12-8-13(17)15(18)23-12)16(22)21(20(10)2)11-6-4-3-5-7-11/h3-9H,1-2H3. The molecule has 3 rings (SSSR count). The van der Waals surface area contributed by atoms with Crippen LogP contribution in [-0.4, -0.2) is 15.6 Å². The van der Waals surface area contributed by atoms with Gasteiger partial charge in [0.05, 0.1) is 22.1 Å². The summed E-state index contributed by atoms with van der Waals surface area (Å²) in [5, 5.41) is 0. The molecular formula is C16H13Br2N3O2. The Morgan fingerprint density at radius 1 is 1.22 bits per heavy atom. The van der Waals surface area contributed by atoms with E-state index in [4.69, 9.17) is 4.42 Å². The summed E-state index contributed by atoms with van der Waals surface area (Å²) >= 11 is 6.62. The second-order valence-electron chi connectivity index (χ2n) is 4.94. The van der Waals surface area contributed by atoms with Gasteiger partial charge in [-0.05, 0) is 50.9 Å². The van der Waals surface area contributed by atoms with Crippen LogP contribution in [0.3, 0.4) is 0 Å². The van der Waals surface area contributed by atoms with Crippen molar-refractivity contribution in [1.29, 1.82) is 0 Å². The highest BCUT2D eigenvalue weighted by molar-refractivity contribution is 9.13. The van der Waals surface area contributed by atoms with Crippen LogP contribution in [0.5, 0.6) is 0 Å². The summed E-state index contributed by atoms with van der Waals surface area (Å²) in [6.45, 7) is 1.86. The van der Waals surface area contributed by atoms with E-state index < -0.39 is 0 Å². The van der Waals surface area contributed by atoms with E-state index in [9.17, 15) is 4.79 Å². The zero-order chi connectivity index (χ0) is 16.6. The Morgan fingerprint density at radius 3 is 2.52 bits per heavy atom. The normalized spacial score (nSPS) is 11.5. The third-order valence-electron chi connectivity index (χ3n) is 3.51. The molecule has 0 aliphatic heterocycles. The van der Waals surface area contributed by atoms with E-state index in [0.29, 0.717) is 16.1 Å². The van der Waals surface area contributed by atoms with Gasteiger partial charge in [-0.3, -0.25) is 9.48 Å². The molecular weight excluding hydrogens is 426 g/mol. The number of hydrogen-bond donors (Lipinski definition) is 0. The fourth-order valence-electron chi connectivity index (χ4n) is 2.26. The number of nitrogens with zero attached hydrogens (tertiary/aromatic N) is 3. The van der Waals surface area contributed by atoms with Crippen LogP contribution in [0.25, 0.3) is 5.69 Å². The molecule has 0 saturated carbocycles. The second-order valence-corrected chi connectivity index (χ2v) is 6.51. The van der Waals surface area contributed by atoms with E-state index in [2.05, 4.69) is 36.9 Å². The first kappa shape index (κ1) is 16.0. The largest absolute Gasteiger partial charge is 0.447 e. The van der Waals surface area contributed by atoms with Gasteiger partial charge in [0.1, 0.15) is 5.76 Å². The van der Waals surface area contributed by atoms with E-state index in [1.165, 1.54) is 6.21 Å². The number of hydrogen-bond acceptors (Lipinski definition) is 3. The minimum atomic E-state index is -0.169. The predicted octanol–water partition coefficient (Wildman–Crippen LogP) is 4.35. The zero-order valence-electron chi connectivity index (χ0n) is 12.5. The minimum absolute atomic E-state index is 0.169. The van der Waals surface area contributed by atoms with Gasteiger partial charge in [0, 0.05) is 13.1 Å². The zero-order valence-corrected chi connectivity index (χ0v) is 15.6. The minimum Gasteiger partial charge on any atom is -0.447 e. The molecule has 2 aromatic heterocycles. The lowest BCUT2D eigenvalue weighted by Gasteiger charge is -2.07. The Balaban J connectivity index is 2.06. The van der Waals surface area contributed by atoms with Crippen molar-refractivity contribution in [3.05, 3.63) is 67.3 Å². The Kier molecular flexibility index (Phi) is 4.41. The van der Waals surface area contributed by atoms with Crippen LogP contribution in [0.2, 0.25) is 0 Å². The first-order valence-corrected chi connectivity index (χ1v) is 8.40. The molecule has 0 aliphatic rings. The summed E-state index contributed by atoms with van der Waals surface area (Å²) in [7, 11) is 1.84. The Labute approximate surface area is 149 Å². The highest BCUT2D eigenvalue weighted by Crippen LogP contribution is 2.26. The van der Waals surface area contributed by atoms with E-state index in [1.807, 2.05) is 44.3 Å². The first-order chi connectivity index (χ1) is 11.0. The molecule has 0 aliphatic carbocycles. The van der Waals surface area contributed by atoms with Gasteiger partial charge in [-0.2, -0.15) is 0 Å². The summed E-state index contributed by atoms with van der Waals surface area (Å²) in [5.74, 6) is 0.553. The van der Waals surface area contributed by atoms with Crippen molar-refractivity contribution in [3.8, 4) is 5.69 Å². The summed E-state index contributed by atoms with van der Waals surface area (Å²) in [4.78, 5) is 17.0. The van der Waals surface area contributed by atoms with Crippen LogP contribution < -0.4 is 5.56 Å². The Bertz CT molecular complexity index is 917. The molecule has 1 aromatic carbocycles. The number of halogens is 2. The van der Waals surface area contributed by atoms with Crippen molar-refractivity contribution in [3.63, 3.8) is 0 Å². The number of rotatable bonds is 3. The summed E-state index contributed by atoms with van der Waals surface area (Å²) in [6, 6.07) is 11.2. The van der Waals surface area contributed by atoms with Crippen molar-refractivity contribution >= 4 is 43.8 Å². The smallest absolute Gasteiger partial charge is 0.297 e. The molecule has 0 bridgehead atoms. The van der Waals surface area contributed by atoms with Crippen LogP contribution in [0.1, 0.15) is 11.5 Å². The molecule has 0 atom stereocenters. The number of para-hydroxylation sites is 1. The third kappa shape index (κ3) is 2.98. The molecule has 118 valence electrons. The number of benzene rings is 1. The van der Waals surface area contributed by atoms with Gasteiger partial charge in [-0.15, -0.1) is 0 Å². The fraction of sp³-hybridized carbons (Fsp3) is 0.125. The average Bonchev–Trinajstić information content (AvgIpc) is 2.96. The molecule has 0 radical (unpaired) electrons. The van der Waals surface area contributed by atoms with Crippen molar-refractivity contribution in [2.24, 2.45) is 12.0 Å². The quantitative estimate of drug-likeness (QED) is 0.570. The topological polar surface area (TPSA) is 52.4 Å². The maximum atomic E-state index is 12.7. The van der Waals surface area contributed by atoms with Crippen LogP contribution in [0.15, 0.2) is 59.7 Å². The highest BCUT2D eigenvalue weighted by Gasteiger charge is 2.15. The lowest BCUT2D eigenvalue weighted by Crippen LogP contribution is -2.19. The predicted molar refractivity (Wildman–Crippen MR) is 97.1 cm³/mol. The van der Waals surface area contributed by atoms with Gasteiger partial charge in [-0.1, -0.05) is 18.2 Å². The maximum Gasteiger partial charge on any atom is 0.297 e. The summed E-state index contributed by atoms with van der Waals surface area (Å²) < 4.78 is 10.2. The molecule has 0 spiro atoms. The van der Waals surface area contributed by atoms with Gasteiger partial charge in [0.2, 0.25) is 0 Å². The van der Waals surface area contributed by atoms with Crippen molar-refractivity contribution in [2.75, 3.05) is 0 Å². The monoisotopic (exact) mass is 437 g/mol. The molecule has 3 aromatic rings. The molecule has 2 heterocycles. The third-order valence-corrected chi connectivity index (χ3v) is 5.22. The van der Waals surface area contributed by atoms with E-state index in [1.54, 1.807) is 15.4 Å². The van der Waals surface area contributed by atoms with Crippen molar-refractivity contribution in [1.82, 2.24) is 9.36 Å². The second kappa shape index (κ2) is 6.33. The van der Waals surface area contributed by atoms with Gasteiger partial charge in [0.25, 0.3) is 5.56 Å². The van der Waals surface area contributed by atoms with Crippen LogP contribution >= 0.6 is 31.9 Å². The number of aromatic nitrogens is 2. The molecule has 5 nitrogen and oxygen atoms in total. The van der Waals surface area contributed by atoms with Gasteiger partial charge in [-0.25, -0.2) is 9.67 Å². The van der Waals surface area contributed by atoms with Crippen LogP contribution in [0.4, 0.5) is 5.69 Å². The fourth-order valence-corrected chi connectivity index (χ4v) is 2.87. The molecule has 0 saturated heterocycles. The van der Waals surface area contributed by atoms with Crippen molar-refractivity contribution < 1.29 is 4.42 Å². The van der Waals surface area contributed by atoms with E-state index in [0.717, 1.165) is 15.9 Å². The van der Waals surface area contributed by atoms with Crippen LogP contribution in [-0.2, 0) is 7.05 Å². The first-order valence-electron chi connectivity index (χ1n) is 6.82. The van der Waals surface area contributed by atoms with Gasteiger partial charge >= 0.3 is 0 Å². The lowest BCUT2D eigenvalue weighted by atomic mass is 10.3. The Hall–Kier alpha value is -1.86. The summed E-state index contributed by atoms with van der Waals surface area (Å²) in [5.41, 5.74) is 1.80. The number of aliphatic imine (C=N–C) groups is 1.